The standard InChI is InChI=1S/C6H7ClN2O3/c1-12-6-3-2-5(9(10)11)4-8(6)7/h2-3H,4H2,1H3. The summed E-state index contributed by atoms with van der Waals surface area (Å²) in [6.07, 6.45) is 2.83. The smallest absolute Gasteiger partial charge is 0.267 e. The van der Waals surface area contributed by atoms with Crippen LogP contribution < -0.4 is 0 Å². The Morgan fingerprint density at radius 1 is 1.75 bits per heavy atom. The average molecular weight is 191 g/mol. The molecular formula is C6H7ClN2O3. The number of rotatable bonds is 2. The van der Waals surface area contributed by atoms with E-state index in [-0.39, 0.29) is 12.2 Å². The van der Waals surface area contributed by atoms with Crippen LogP contribution in [-0.2, 0) is 4.74 Å². The molecule has 0 aromatic heterocycles. The van der Waals surface area contributed by atoms with E-state index < -0.39 is 4.92 Å². The van der Waals surface area contributed by atoms with Crippen LogP contribution in [0.2, 0.25) is 0 Å². The second-order valence-electron chi connectivity index (χ2n) is 2.14. The molecule has 0 N–H and O–H groups in total. The van der Waals surface area contributed by atoms with Crippen LogP contribution in [0.1, 0.15) is 0 Å². The van der Waals surface area contributed by atoms with Crippen LogP contribution in [0.15, 0.2) is 23.7 Å². The number of methoxy groups -OCH3 is 1. The monoisotopic (exact) mass is 190 g/mol. The van der Waals surface area contributed by atoms with E-state index in [0.29, 0.717) is 5.88 Å². The molecule has 0 aliphatic carbocycles. The normalized spacial score (nSPS) is 16.7. The molecule has 0 radical (unpaired) electrons. The van der Waals surface area contributed by atoms with Gasteiger partial charge in [-0.05, 0) is 0 Å². The number of hydrogen-bond acceptors (Lipinski definition) is 4. The van der Waals surface area contributed by atoms with Crippen molar-refractivity contribution in [3.8, 4) is 0 Å². The molecule has 5 nitrogen and oxygen atoms in total. The van der Waals surface area contributed by atoms with Gasteiger partial charge in [-0.15, -0.1) is 0 Å². The number of nitrogens with zero attached hydrogens (tertiary/aromatic N) is 2. The highest BCUT2D eigenvalue weighted by atomic mass is 35.5. The first-order valence-corrected chi connectivity index (χ1v) is 3.51. The molecule has 0 saturated carbocycles. The summed E-state index contributed by atoms with van der Waals surface area (Å²) >= 11 is 5.62. The largest absolute Gasteiger partial charge is 0.482 e. The highest BCUT2D eigenvalue weighted by Gasteiger charge is 2.21. The molecular weight excluding hydrogens is 184 g/mol. The SMILES string of the molecule is COC1=CC=C([N+](=O)[O-])CN1Cl. The summed E-state index contributed by atoms with van der Waals surface area (Å²) in [4.78, 5) is 9.80. The zero-order chi connectivity index (χ0) is 9.14. The number of allylic oxidation sites excluding steroid dienone is 2. The van der Waals surface area contributed by atoms with Crippen LogP contribution in [0, 0.1) is 10.1 Å². The molecule has 0 atom stereocenters. The van der Waals surface area contributed by atoms with Crippen molar-refractivity contribution >= 4 is 11.8 Å². The Bertz CT molecular complexity index is 262. The third kappa shape index (κ3) is 1.68. The van der Waals surface area contributed by atoms with Crippen molar-refractivity contribution in [1.29, 1.82) is 0 Å². The molecule has 12 heavy (non-hydrogen) atoms. The van der Waals surface area contributed by atoms with Crippen molar-refractivity contribution in [3.05, 3.63) is 33.8 Å². The van der Waals surface area contributed by atoms with Gasteiger partial charge in [-0.3, -0.25) is 10.1 Å². The minimum Gasteiger partial charge on any atom is -0.482 e. The van der Waals surface area contributed by atoms with Crippen molar-refractivity contribution in [2.45, 2.75) is 0 Å². The Morgan fingerprint density at radius 3 is 2.83 bits per heavy atom. The molecule has 0 spiro atoms. The lowest BCUT2D eigenvalue weighted by Gasteiger charge is -2.18. The van der Waals surface area contributed by atoms with E-state index in [1.54, 1.807) is 0 Å². The van der Waals surface area contributed by atoms with Crippen molar-refractivity contribution < 1.29 is 9.66 Å². The fourth-order valence-corrected chi connectivity index (χ4v) is 1.05. The Hall–Kier alpha value is -1.23. The minimum atomic E-state index is -0.474. The lowest BCUT2D eigenvalue weighted by atomic mass is 10.3. The summed E-state index contributed by atoms with van der Waals surface area (Å²) in [6.45, 7) is 0.0498. The lowest BCUT2D eigenvalue weighted by Crippen LogP contribution is -2.22. The van der Waals surface area contributed by atoms with E-state index in [1.807, 2.05) is 0 Å². The summed E-state index contributed by atoms with van der Waals surface area (Å²) in [5.74, 6) is 0.405. The first-order valence-electron chi connectivity index (χ1n) is 3.17. The van der Waals surface area contributed by atoms with Gasteiger partial charge in [-0.2, -0.15) is 0 Å². The first kappa shape index (κ1) is 8.86. The molecule has 1 aliphatic heterocycles. The van der Waals surface area contributed by atoms with Gasteiger partial charge in [-0.1, -0.05) is 0 Å². The van der Waals surface area contributed by atoms with Gasteiger partial charge in [0.1, 0.15) is 6.54 Å². The predicted octanol–water partition coefficient (Wildman–Crippen LogP) is 1.10. The van der Waals surface area contributed by atoms with E-state index in [1.165, 1.54) is 19.3 Å². The fraction of sp³-hybridized carbons (Fsp3) is 0.333. The number of halogens is 1. The molecule has 0 bridgehead atoms. The van der Waals surface area contributed by atoms with Crippen molar-refractivity contribution in [2.24, 2.45) is 0 Å². The summed E-state index contributed by atoms with van der Waals surface area (Å²) in [5, 5.41) is 10.3. The van der Waals surface area contributed by atoms with E-state index in [2.05, 4.69) is 0 Å². The zero-order valence-corrected chi connectivity index (χ0v) is 7.11. The lowest BCUT2D eigenvalue weighted by molar-refractivity contribution is -0.427. The molecule has 1 aliphatic rings. The summed E-state index contributed by atoms with van der Waals surface area (Å²) < 4.78 is 5.97. The van der Waals surface area contributed by atoms with Crippen molar-refractivity contribution in [3.63, 3.8) is 0 Å². The zero-order valence-electron chi connectivity index (χ0n) is 6.36. The number of ether oxygens (including phenoxy) is 1. The summed E-state index contributed by atoms with van der Waals surface area (Å²) in [6, 6.07) is 0. The van der Waals surface area contributed by atoms with Crippen LogP contribution in [0.4, 0.5) is 0 Å². The van der Waals surface area contributed by atoms with Gasteiger partial charge >= 0.3 is 0 Å². The van der Waals surface area contributed by atoms with Gasteiger partial charge in [0.05, 0.1) is 12.0 Å². The molecule has 0 amide bonds. The molecule has 6 heteroatoms. The van der Waals surface area contributed by atoms with Crippen molar-refractivity contribution in [1.82, 2.24) is 4.42 Å². The Kier molecular flexibility index (Phi) is 2.54. The molecule has 0 aromatic carbocycles. The van der Waals surface area contributed by atoms with Crippen LogP contribution in [0.25, 0.3) is 0 Å². The Labute approximate surface area is 74.1 Å². The van der Waals surface area contributed by atoms with Gasteiger partial charge in [-0.25, -0.2) is 4.42 Å². The highest BCUT2D eigenvalue weighted by Crippen LogP contribution is 2.17. The summed E-state index contributed by atoms with van der Waals surface area (Å²) in [5.41, 5.74) is 0.0470. The van der Waals surface area contributed by atoms with Crippen LogP contribution in [0.3, 0.4) is 0 Å². The van der Waals surface area contributed by atoms with Crippen LogP contribution in [-0.4, -0.2) is 23.0 Å². The fourth-order valence-electron chi connectivity index (χ4n) is 0.807. The topological polar surface area (TPSA) is 55.6 Å². The third-order valence-corrected chi connectivity index (χ3v) is 1.69. The number of hydrogen-bond donors (Lipinski definition) is 0. The maximum Gasteiger partial charge on any atom is 0.267 e. The minimum absolute atomic E-state index is 0.0470. The average Bonchev–Trinajstić information content (AvgIpc) is 2.04. The Morgan fingerprint density at radius 2 is 2.42 bits per heavy atom. The molecule has 0 saturated heterocycles. The van der Waals surface area contributed by atoms with E-state index in [0.717, 1.165) is 4.42 Å². The predicted molar refractivity (Wildman–Crippen MR) is 42.7 cm³/mol. The van der Waals surface area contributed by atoms with Gasteiger partial charge in [0.25, 0.3) is 5.70 Å². The van der Waals surface area contributed by atoms with E-state index in [4.69, 9.17) is 16.5 Å². The number of nitro groups is 1. The van der Waals surface area contributed by atoms with E-state index >= 15 is 0 Å². The molecule has 0 aromatic rings. The van der Waals surface area contributed by atoms with Gasteiger partial charge in [0.2, 0.25) is 5.88 Å². The highest BCUT2D eigenvalue weighted by molar-refractivity contribution is 6.14. The Balaban J connectivity index is 2.81. The molecule has 1 heterocycles. The van der Waals surface area contributed by atoms with Gasteiger partial charge < -0.3 is 4.74 Å². The first-order chi connectivity index (χ1) is 5.65. The second kappa shape index (κ2) is 3.44. The molecule has 66 valence electrons. The van der Waals surface area contributed by atoms with Crippen LogP contribution in [0.5, 0.6) is 0 Å². The van der Waals surface area contributed by atoms with Crippen LogP contribution >= 0.6 is 11.8 Å². The maximum atomic E-state index is 10.3. The molecule has 0 fully saturated rings. The van der Waals surface area contributed by atoms with Crippen molar-refractivity contribution in [2.75, 3.05) is 13.7 Å². The van der Waals surface area contributed by atoms with E-state index in [9.17, 15) is 10.1 Å². The summed E-state index contributed by atoms with van der Waals surface area (Å²) in [7, 11) is 1.45. The molecule has 1 rings (SSSR count). The quantitative estimate of drug-likeness (QED) is 0.372. The maximum absolute atomic E-state index is 10.3. The van der Waals surface area contributed by atoms with Gasteiger partial charge in [0.15, 0.2) is 0 Å². The second-order valence-corrected chi connectivity index (χ2v) is 2.55. The third-order valence-electron chi connectivity index (χ3n) is 1.40. The van der Waals surface area contributed by atoms with Gasteiger partial charge in [0, 0.05) is 23.9 Å². The molecule has 0 unspecified atom stereocenters.